The van der Waals surface area contributed by atoms with E-state index in [0.29, 0.717) is 0 Å². The number of thioether (sulfide) groups is 1. The molecule has 35 heavy (non-hydrogen) atoms. The zero-order valence-electron chi connectivity index (χ0n) is 18.6. The van der Waals surface area contributed by atoms with Gasteiger partial charge in [-0.3, -0.25) is 14.2 Å². The van der Waals surface area contributed by atoms with Crippen LogP contribution in [0.4, 0.5) is 17.6 Å². The fourth-order valence-corrected chi connectivity index (χ4v) is 3.71. The van der Waals surface area contributed by atoms with E-state index in [-0.39, 0.29) is 43.1 Å². The van der Waals surface area contributed by atoms with Gasteiger partial charge < -0.3 is 9.47 Å². The summed E-state index contributed by atoms with van der Waals surface area (Å²) in [5.74, 6) is -2.89. The van der Waals surface area contributed by atoms with Crippen molar-refractivity contribution in [3.63, 3.8) is 0 Å². The quantitative estimate of drug-likeness (QED) is 0.220. The first kappa shape index (κ1) is 28.2. The van der Waals surface area contributed by atoms with Crippen LogP contribution in [0.25, 0.3) is 5.69 Å². The lowest BCUT2D eigenvalue weighted by atomic mass is 10.3. The Hall–Kier alpha value is -3.06. The predicted molar refractivity (Wildman–Crippen MR) is 119 cm³/mol. The van der Waals surface area contributed by atoms with Gasteiger partial charge in [0, 0.05) is 23.6 Å². The van der Waals surface area contributed by atoms with E-state index in [2.05, 4.69) is 6.58 Å². The van der Waals surface area contributed by atoms with E-state index in [1.807, 2.05) is 0 Å². The third-order valence-corrected chi connectivity index (χ3v) is 5.78. The number of hydrogen-bond donors (Lipinski definition) is 0. The van der Waals surface area contributed by atoms with Gasteiger partial charge in [0.25, 0.3) is 5.56 Å². The number of ether oxygens (including phenoxy) is 2. The molecule has 0 fully saturated rings. The predicted octanol–water partition coefficient (Wildman–Crippen LogP) is 3.49. The molecule has 2 rings (SSSR count). The maximum atomic E-state index is 14.6. The van der Waals surface area contributed by atoms with Gasteiger partial charge in [-0.2, -0.15) is 13.2 Å². The number of rotatable bonds is 8. The van der Waals surface area contributed by atoms with Crippen LogP contribution < -0.4 is 11.2 Å². The molecule has 1 heterocycles. The van der Waals surface area contributed by atoms with Crippen LogP contribution in [0.5, 0.6) is 0 Å². The summed E-state index contributed by atoms with van der Waals surface area (Å²) in [5.41, 5.74) is -4.82. The number of benzene rings is 1. The third-order valence-electron chi connectivity index (χ3n) is 4.33. The largest absolute Gasteiger partial charge is 0.458 e. The number of alkyl halides is 3. The first-order valence-corrected chi connectivity index (χ1v) is 11.0. The van der Waals surface area contributed by atoms with Crippen LogP contribution in [0, 0.1) is 5.82 Å². The molecule has 0 saturated carbocycles. The standard InChI is InChI=1S/C21H19ClF4N2O6S/c1-10(2)19(31)33-8-11(3)34-18(30)9-35-15-6-14(13(23)5-12(15)22)28-17(29)7-16(21(24,25)26)27(4)20(28)32/h5-7,11H,1,8-9H2,2-4H3. The minimum atomic E-state index is -4.98. The van der Waals surface area contributed by atoms with Crippen LogP contribution in [0.3, 0.4) is 0 Å². The molecule has 0 N–H and O–H groups in total. The Bertz CT molecular complexity index is 1290. The Kier molecular flexibility index (Phi) is 8.95. The summed E-state index contributed by atoms with van der Waals surface area (Å²) in [7, 11) is 0.787. The molecule has 8 nitrogen and oxygen atoms in total. The minimum absolute atomic E-state index is 0.0511. The molecular weight excluding hydrogens is 520 g/mol. The zero-order chi connectivity index (χ0) is 26.7. The number of hydrogen-bond acceptors (Lipinski definition) is 7. The molecule has 190 valence electrons. The second kappa shape index (κ2) is 11.1. The Morgan fingerprint density at radius 2 is 1.86 bits per heavy atom. The highest BCUT2D eigenvalue weighted by Gasteiger charge is 2.35. The molecule has 0 spiro atoms. The van der Waals surface area contributed by atoms with Gasteiger partial charge in [0.05, 0.1) is 16.5 Å². The van der Waals surface area contributed by atoms with Crippen LogP contribution in [0.15, 0.2) is 44.8 Å². The van der Waals surface area contributed by atoms with Crippen LogP contribution in [0.2, 0.25) is 5.02 Å². The molecule has 0 radical (unpaired) electrons. The van der Waals surface area contributed by atoms with Crippen molar-refractivity contribution in [3.8, 4) is 5.69 Å². The Balaban J connectivity index is 2.25. The molecule has 0 saturated heterocycles. The monoisotopic (exact) mass is 538 g/mol. The average Bonchev–Trinajstić information content (AvgIpc) is 2.74. The van der Waals surface area contributed by atoms with Crippen molar-refractivity contribution < 1.29 is 36.6 Å². The SMILES string of the molecule is C=C(C)C(=O)OCC(C)OC(=O)CSc1cc(-n2c(=O)cc(C(F)(F)F)n(C)c2=O)c(F)cc1Cl. The first-order chi connectivity index (χ1) is 16.1. The van der Waals surface area contributed by atoms with Gasteiger partial charge in [-0.1, -0.05) is 18.2 Å². The molecule has 1 aromatic carbocycles. The normalized spacial score (nSPS) is 12.2. The Morgan fingerprint density at radius 3 is 2.43 bits per heavy atom. The van der Waals surface area contributed by atoms with E-state index < -0.39 is 52.7 Å². The lowest BCUT2D eigenvalue weighted by Gasteiger charge is -2.15. The fraction of sp³-hybridized carbons (Fsp3) is 0.333. The van der Waals surface area contributed by atoms with Crippen molar-refractivity contribution in [1.82, 2.24) is 9.13 Å². The van der Waals surface area contributed by atoms with Crippen molar-refractivity contribution in [2.75, 3.05) is 12.4 Å². The summed E-state index contributed by atoms with van der Waals surface area (Å²) >= 11 is 6.76. The molecule has 14 heteroatoms. The molecule has 0 aliphatic carbocycles. The second-order valence-corrected chi connectivity index (χ2v) is 8.67. The summed E-state index contributed by atoms with van der Waals surface area (Å²) in [6.45, 7) is 6.12. The highest BCUT2D eigenvalue weighted by molar-refractivity contribution is 8.00. The molecular formula is C21H19ClF4N2O6S. The van der Waals surface area contributed by atoms with Crippen LogP contribution in [-0.2, 0) is 32.3 Å². The van der Waals surface area contributed by atoms with E-state index in [4.69, 9.17) is 21.1 Å². The number of carbonyl (C=O) groups is 2. The number of halogens is 5. The van der Waals surface area contributed by atoms with Crippen molar-refractivity contribution in [3.05, 3.63) is 67.7 Å². The Morgan fingerprint density at radius 1 is 1.23 bits per heavy atom. The van der Waals surface area contributed by atoms with Crippen LogP contribution in [-0.4, -0.2) is 39.5 Å². The maximum absolute atomic E-state index is 14.6. The third kappa shape index (κ3) is 6.98. The van der Waals surface area contributed by atoms with E-state index in [0.717, 1.165) is 30.9 Å². The fourth-order valence-electron chi connectivity index (χ4n) is 2.67. The van der Waals surface area contributed by atoms with Crippen molar-refractivity contribution in [2.45, 2.75) is 31.0 Å². The van der Waals surface area contributed by atoms with E-state index in [1.165, 1.54) is 13.8 Å². The molecule has 2 aromatic rings. The van der Waals surface area contributed by atoms with Gasteiger partial charge in [0.1, 0.15) is 24.2 Å². The van der Waals surface area contributed by atoms with Crippen molar-refractivity contribution in [2.24, 2.45) is 7.05 Å². The zero-order valence-corrected chi connectivity index (χ0v) is 20.1. The van der Waals surface area contributed by atoms with Crippen molar-refractivity contribution in [1.29, 1.82) is 0 Å². The number of nitrogens with zero attached hydrogens (tertiary/aromatic N) is 2. The molecule has 1 aromatic heterocycles. The molecule has 0 aliphatic heterocycles. The molecule has 1 unspecified atom stereocenters. The van der Waals surface area contributed by atoms with Gasteiger partial charge in [-0.25, -0.2) is 18.5 Å². The van der Waals surface area contributed by atoms with Crippen LogP contribution in [0.1, 0.15) is 19.5 Å². The van der Waals surface area contributed by atoms with E-state index in [9.17, 15) is 36.7 Å². The smallest absolute Gasteiger partial charge is 0.431 e. The van der Waals surface area contributed by atoms with Gasteiger partial charge in [-0.05, 0) is 26.0 Å². The molecule has 0 aliphatic rings. The summed E-state index contributed by atoms with van der Waals surface area (Å²) in [6.07, 6.45) is -5.77. The molecule has 0 bridgehead atoms. The van der Waals surface area contributed by atoms with Crippen LogP contribution >= 0.6 is 23.4 Å². The minimum Gasteiger partial charge on any atom is -0.458 e. The number of carbonyl (C=O) groups excluding carboxylic acids is 2. The first-order valence-electron chi connectivity index (χ1n) is 9.68. The lowest BCUT2D eigenvalue weighted by Crippen LogP contribution is -2.41. The highest BCUT2D eigenvalue weighted by Crippen LogP contribution is 2.31. The number of esters is 2. The van der Waals surface area contributed by atoms with Gasteiger partial charge in [0.15, 0.2) is 0 Å². The summed E-state index contributed by atoms with van der Waals surface area (Å²) < 4.78 is 64.1. The van der Waals surface area contributed by atoms with Gasteiger partial charge >= 0.3 is 23.8 Å². The molecule has 1 atom stereocenters. The highest BCUT2D eigenvalue weighted by atomic mass is 35.5. The molecule has 0 amide bonds. The summed E-state index contributed by atoms with van der Waals surface area (Å²) in [5, 5.41) is -0.177. The van der Waals surface area contributed by atoms with Gasteiger partial charge in [0.2, 0.25) is 0 Å². The lowest BCUT2D eigenvalue weighted by molar-refractivity contribution is -0.153. The second-order valence-electron chi connectivity index (χ2n) is 7.24. The Labute approximate surface area is 205 Å². The average molecular weight is 539 g/mol. The van der Waals surface area contributed by atoms with Crippen molar-refractivity contribution >= 4 is 35.3 Å². The summed E-state index contributed by atoms with van der Waals surface area (Å²) in [4.78, 5) is 48.2. The van der Waals surface area contributed by atoms with E-state index >= 15 is 0 Å². The van der Waals surface area contributed by atoms with Gasteiger partial charge in [-0.15, -0.1) is 11.8 Å². The van der Waals surface area contributed by atoms with E-state index in [1.54, 1.807) is 0 Å². The topological polar surface area (TPSA) is 96.6 Å². The maximum Gasteiger partial charge on any atom is 0.431 e. The number of aromatic nitrogens is 2. The summed E-state index contributed by atoms with van der Waals surface area (Å²) in [6, 6.07) is 1.89.